The molecule has 114 valence electrons. The van der Waals surface area contributed by atoms with Gasteiger partial charge in [0.15, 0.2) is 0 Å². The predicted octanol–water partition coefficient (Wildman–Crippen LogP) is 4.32. The monoisotopic (exact) mass is 325 g/mol. The van der Waals surface area contributed by atoms with Gasteiger partial charge in [-0.3, -0.25) is 4.79 Å². The molecule has 4 nitrogen and oxygen atoms in total. The van der Waals surface area contributed by atoms with E-state index in [9.17, 15) is 4.79 Å². The van der Waals surface area contributed by atoms with Gasteiger partial charge in [0, 0.05) is 11.4 Å². The molecule has 1 N–H and O–H groups in total. The van der Waals surface area contributed by atoms with Gasteiger partial charge in [0.2, 0.25) is 0 Å². The lowest BCUT2D eigenvalue weighted by atomic mass is 10.1. The van der Waals surface area contributed by atoms with Gasteiger partial charge in [-0.2, -0.15) is 5.10 Å². The fraction of sp³-hybridized carbons (Fsp3) is 0.467. The number of aromatic nitrogens is 2. The van der Waals surface area contributed by atoms with Crippen LogP contribution in [0, 0.1) is 0 Å². The highest BCUT2D eigenvalue weighted by Crippen LogP contribution is 2.29. The van der Waals surface area contributed by atoms with Crippen molar-refractivity contribution in [2.75, 3.05) is 5.32 Å². The van der Waals surface area contributed by atoms with E-state index in [2.05, 4.69) is 28.8 Å². The summed E-state index contributed by atoms with van der Waals surface area (Å²) in [6.07, 6.45) is 4.53. The van der Waals surface area contributed by atoms with Crippen LogP contribution in [0.4, 0.5) is 5.69 Å². The normalized spacial score (nSPS) is 12.3. The van der Waals surface area contributed by atoms with Crippen LogP contribution in [0.25, 0.3) is 0 Å². The molecule has 0 saturated carbocycles. The van der Waals surface area contributed by atoms with Gasteiger partial charge in [-0.15, -0.1) is 11.3 Å². The van der Waals surface area contributed by atoms with E-state index in [1.807, 2.05) is 13.0 Å². The summed E-state index contributed by atoms with van der Waals surface area (Å²) >= 11 is 7.91. The summed E-state index contributed by atoms with van der Waals surface area (Å²) in [6.45, 7) is 4.73. The van der Waals surface area contributed by atoms with Gasteiger partial charge < -0.3 is 5.32 Å². The van der Waals surface area contributed by atoms with Crippen LogP contribution < -0.4 is 10.9 Å². The molecule has 2 heterocycles. The molecule has 2 aromatic rings. The Bertz CT molecular complexity index is 624. The van der Waals surface area contributed by atoms with E-state index < -0.39 is 0 Å². The lowest BCUT2D eigenvalue weighted by Crippen LogP contribution is -2.24. The number of hydrogen-bond donors (Lipinski definition) is 1. The van der Waals surface area contributed by atoms with Gasteiger partial charge in [-0.1, -0.05) is 37.9 Å². The molecule has 0 amide bonds. The largest absolute Gasteiger partial charge is 0.375 e. The first-order valence-electron chi connectivity index (χ1n) is 7.22. The van der Waals surface area contributed by atoms with Crippen molar-refractivity contribution in [2.24, 2.45) is 0 Å². The van der Waals surface area contributed by atoms with Crippen molar-refractivity contribution in [1.82, 2.24) is 9.78 Å². The summed E-state index contributed by atoms with van der Waals surface area (Å²) in [4.78, 5) is 13.4. The van der Waals surface area contributed by atoms with Crippen LogP contribution in [0.15, 0.2) is 28.5 Å². The average molecular weight is 326 g/mol. The minimum absolute atomic E-state index is 0.163. The number of nitrogens with zero attached hydrogens (tertiary/aromatic N) is 2. The molecule has 0 spiro atoms. The fourth-order valence-electron chi connectivity index (χ4n) is 2.19. The Morgan fingerprint density at radius 2 is 2.24 bits per heavy atom. The Balaban J connectivity index is 2.25. The minimum Gasteiger partial charge on any atom is -0.375 e. The smallest absolute Gasteiger partial charge is 0.287 e. The zero-order valence-corrected chi connectivity index (χ0v) is 13.9. The average Bonchev–Trinajstić information content (AvgIpc) is 3.00. The third-order valence-electron chi connectivity index (χ3n) is 3.21. The Hall–Kier alpha value is -1.33. The Morgan fingerprint density at radius 1 is 1.43 bits per heavy atom. The van der Waals surface area contributed by atoms with Crippen LogP contribution in [0.5, 0.6) is 0 Å². The van der Waals surface area contributed by atoms with Crippen molar-refractivity contribution < 1.29 is 0 Å². The van der Waals surface area contributed by atoms with Crippen molar-refractivity contribution in [3.05, 3.63) is 44.0 Å². The summed E-state index contributed by atoms with van der Waals surface area (Å²) in [5.74, 6) is 0. The second-order valence-electron chi connectivity index (χ2n) is 4.90. The molecule has 0 aliphatic carbocycles. The topological polar surface area (TPSA) is 46.9 Å². The molecule has 0 radical (unpaired) electrons. The summed E-state index contributed by atoms with van der Waals surface area (Å²) in [5, 5.41) is 9.82. The van der Waals surface area contributed by atoms with Gasteiger partial charge in [-0.05, 0) is 24.3 Å². The first-order valence-corrected chi connectivity index (χ1v) is 8.48. The zero-order chi connectivity index (χ0) is 15.2. The second kappa shape index (κ2) is 7.61. The molecular weight excluding hydrogens is 306 g/mol. The van der Waals surface area contributed by atoms with Gasteiger partial charge >= 0.3 is 0 Å². The Labute approximate surface area is 133 Å². The molecule has 0 bridgehead atoms. The molecule has 0 aromatic carbocycles. The number of aryl methyl sites for hydroxylation is 1. The molecule has 0 saturated heterocycles. The molecule has 2 aromatic heterocycles. The fourth-order valence-corrected chi connectivity index (χ4v) is 3.20. The first kappa shape index (κ1) is 16.0. The van der Waals surface area contributed by atoms with E-state index in [1.54, 1.807) is 17.5 Å². The van der Waals surface area contributed by atoms with Crippen LogP contribution in [-0.2, 0) is 6.54 Å². The maximum atomic E-state index is 12.1. The van der Waals surface area contributed by atoms with Gasteiger partial charge in [0.1, 0.15) is 5.02 Å². The van der Waals surface area contributed by atoms with Crippen LogP contribution in [0.1, 0.15) is 44.0 Å². The lowest BCUT2D eigenvalue weighted by Gasteiger charge is -2.19. The van der Waals surface area contributed by atoms with Crippen LogP contribution in [-0.4, -0.2) is 9.78 Å². The highest BCUT2D eigenvalue weighted by atomic mass is 35.5. The number of hydrogen-bond acceptors (Lipinski definition) is 4. The standard InChI is InChI=1S/C15H20ClN3OS/c1-3-6-11(13-7-5-9-21-13)18-12-10-17-19(8-4-2)15(20)14(12)16/h5,7,9-11,18H,3-4,6,8H2,1-2H3. The molecule has 0 aliphatic rings. The van der Waals surface area contributed by atoms with Crippen LogP contribution >= 0.6 is 22.9 Å². The van der Waals surface area contributed by atoms with Gasteiger partial charge in [-0.25, -0.2) is 4.68 Å². The molecule has 0 aliphatic heterocycles. The summed E-state index contributed by atoms with van der Waals surface area (Å²) in [5.41, 5.74) is 0.380. The van der Waals surface area contributed by atoms with Gasteiger partial charge in [0.05, 0.1) is 17.9 Å². The number of rotatable bonds is 7. The number of thiophene rings is 1. The van der Waals surface area contributed by atoms with Crippen molar-refractivity contribution in [1.29, 1.82) is 0 Å². The van der Waals surface area contributed by atoms with E-state index in [0.717, 1.165) is 19.3 Å². The number of anilines is 1. The predicted molar refractivity (Wildman–Crippen MR) is 89.4 cm³/mol. The Kier molecular flexibility index (Phi) is 5.82. The number of halogens is 1. The summed E-state index contributed by atoms with van der Waals surface area (Å²) in [7, 11) is 0. The molecule has 1 atom stereocenters. The maximum Gasteiger partial charge on any atom is 0.287 e. The maximum absolute atomic E-state index is 12.1. The molecule has 1 unspecified atom stereocenters. The van der Waals surface area contributed by atoms with E-state index in [1.165, 1.54) is 9.56 Å². The van der Waals surface area contributed by atoms with Crippen LogP contribution in [0.3, 0.4) is 0 Å². The third kappa shape index (κ3) is 3.86. The first-order chi connectivity index (χ1) is 10.2. The Morgan fingerprint density at radius 3 is 2.86 bits per heavy atom. The van der Waals surface area contributed by atoms with Gasteiger partial charge in [0.25, 0.3) is 5.56 Å². The van der Waals surface area contributed by atoms with E-state index in [-0.39, 0.29) is 16.6 Å². The van der Waals surface area contributed by atoms with Crippen LogP contribution in [0.2, 0.25) is 5.02 Å². The molecule has 2 rings (SSSR count). The summed E-state index contributed by atoms with van der Waals surface area (Å²) in [6, 6.07) is 4.29. The van der Waals surface area contributed by atoms with Crippen molar-refractivity contribution in [2.45, 2.75) is 45.7 Å². The van der Waals surface area contributed by atoms with Crippen molar-refractivity contribution in [3.8, 4) is 0 Å². The van der Waals surface area contributed by atoms with E-state index in [0.29, 0.717) is 12.2 Å². The lowest BCUT2D eigenvalue weighted by molar-refractivity contribution is 0.567. The molecule has 0 fully saturated rings. The molecule has 21 heavy (non-hydrogen) atoms. The van der Waals surface area contributed by atoms with Crippen molar-refractivity contribution >= 4 is 28.6 Å². The van der Waals surface area contributed by atoms with Crippen molar-refractivity contribution in [3.63, 3.8) is 0 Å². The van der Waals surface area contributed by atoms with E-state index in [4.69, 9.17) is 11.6 Å². The minimum atomic E-state index is -0.232. The SMILES string of the molecule is CCCC(Nc1cnn(CCC)c(=O)c1Cl)c1cccs1. The molecule has 6 heteroatoms. The summed E-state index contributed by atoms with van der Waals surface area (Å²) < 4.78 is 1.41. The van der Waals surface area contributed by atoms with E-state index >= 15 is 0 Å². The quantitative estimate of drug-likeness (QED) is 0.824. The molecular formula is C15H20ClN3OS. The number of nitrogens with one attached hydrogen (secondary N) is 1. The zero-order valence-electron chi connectivity index (χ0n) is 12.3. The second-order valence-corrected chi connectivity index (χ2v) is 6.26. The highest BCUT2D eigenvalue weighted by Gasteiger charge is 2.15. The third-order valence-corrected chi connectivity index (χ3v) is 4.57. The highest BCUT2D eigenvalue weighted by molar-refractivity contribution is 7.10.